The zero-order valence-electron chi connectivity index (χ0n) is 11.8. The molecule has 0 amide bonds. The zero-order chi connectivity index (χ0) is 14.4. The molecule has 2 rings (SSSR count). The lowest BCUT2D eigenvalue weighted by Gasteiger charge is -2.16. The molecule has 0 bridgehead atoms. The number of benzene rings is 1. The minimum Gasteiger partial charge on any atom is -0.389 e. The number of aliphatic hydroxyl groups excluding tert-OH is 1. The summed E-state index contributed by atoms with van der Waals surface area (Å²) in [5, 5.41) is 12.9. The van der Waals surface area contributed by atoms with Crippen molar-refractivity contribution in [2.24, 2.45) is 0 Å². The molecule has 5 heteroatoms. The van der Waals surface area contributed by atoms with E-state index >= 15 is 0 Å². The molecular formula is C15H22FNO3. The van der Waals surface area contributed by atoms with Crippen LogP contribution >= 0.6 is 0 Å². The molecule has 1 aromatic rings. The van der Waals surface area contributed by atoms with Gasteiger partial charge in [0, 0.05) is 24.4 Å². The summed E-state index contributed by atoms with van der Waals surface area (Å²) in [5.41, 5.74) is 1.25. The summed E-state index contributed by atoms with van der Waals surface area (Å²) >= 11 is 0. The monoisotopic (exact) mass is 283 g/mol. The normalized spacial score (nSPS) is 20.1. The molecule has 1 fully saturated rings. The molecule has 0 radical (unpaired) electrons. The molecule has 2 atom stereocenters. The Balaban J connectivity index is 1.66. The van der Waals surface area contributed by atoms with Crippen LogP contribution < -0.4 is 5.32 Å². The Hall–Kier alpha value is -1.17. The van der Waals surface area contributed by atoms with Crippen molar-refractivity contribution in [1.29, 1.82) is 0 Å². The van der Waals surface area contributed by atoms with Crippen LogP contribution in [-0.2, 0) is 9.47 Å². The molecule has 2 unspecified atom stereocenters. The van der Waals surface area contributed by atoms with Gasteiger partial charge in [-0.3, -0.25) is 0 Å². The first-order chi connectivity index (χ1) is 9.66. The second kappa shape index (κ2) is 7.57. The summed E-state index contributed by atoms with van der Waals surface area (Å²) in [4.78, 5) is 0. The molecule has 20 heavy (non-hydrogen) atoms. The highest BCUT2D eigenvalue weighted by atomic mass is 19.1. The van der Waals surface area contributed by atoms with Gasteiger partial charge < -0.3 is 19.9 Å². The third-order valence-corrected chi connectivity index (χ3v) is 3.43. The van der Waals surface area contributed by atoms with Gasteiger partial charge in [-0.2, -0.15) is 0 Å². The number of halogens is 1. The third kappa shape index (κ3) is 4.44. The number of hydrogen-bond donors (Lipinski definition) is 2. The predicted molar refractivity (Wildman–Crippen MR) is 75.4 cm³/mol. The Labute approximate surface area is 118 Å². The van der Waals surface area contributed by atoms with Crippen molar-refractivity contribution in [2.75, 3.05) is 31.7 Å². The fraction of sp³-hybridized carbons (Fsp3) is 0.600. The molecule has 0 saturated carbocycles. The van der Waals surface area contributed by atoms with Gasteiger partial charge in [0.25, 0.3) is 0 Å². The highest BCUT2D eigenvalue weighted by Gasteiger charge is 2.16. The topological polar surface area (TPSA) is 50.7 Å². The van der Waals surface area contributed by atoms with Gasteiger partial charge in [0.05, 0.1) is 25.4 Å². The number of ether oxygens (including phenoxy) is 2. The molecule has 0 aromatic heterocycles. The Morgan fingerprint density at radius 1 is 1.55 bits per heavy atom. The standard InChI is InChI=1S/C15H22FNO3/c1-11-14(16)5-2-6-15(11)17-8-12(18)9-19-10-13-4-3-7-20-13/h2,5-6,12-13,17-18H,3-4,7-10H2,1H3. The SMILES string of the molecule is Cc1c(F)cccc1NCC(O)COCC1CCCO1. The maximum Gasteiger partial charge on any atom is 0.128 e. The van der Waals surface area contributed by atoms with Gasteiger partial charge >= 0.3 is 0 Å². The van der Waals surface area contributed by atoms with E-state index in [2.05, 4.69) is 5.32 Å². The van der Waals surface area contributed by atoms with Crippen LogP contribution in [0.2, 0.25) is 0 Å². The predicted octanol–water partition coefficient (Wildman–Crippen LogP) is 2.10. The fourth-order valence-electron chi connectivity index (χ4n) is 2.20. The van der Waals surface area contributed by atoms with E-state index < -0.39 is 6.10 Å². The van der Waals surface area contributed by atoms with E-state index in [1.54, 1.807) is 19.1 Å². The van der Waals surface area contributed by atoms with Gasteiger partial charge in [-0.25, -0.2) is 4.39 Å². The van der Waals surface area contributed by atoms with Crippen molar-refractivity contribution in [3.8, 4) is 0 Å². The van der Waals surface area contributed by atoms with Crippen LogP contribution in [0.5, 0.6) is 0 Å². The molecule has 1 saturated heterocycles. The fourth-order valence-corrected chi connectivity index (χ4v) is 2.20. The number of aliphatic hydroxyl groups is 1. The van der Waals surface area contributed by atoms with Crippen molar-refractivity contribution in [1.82, 2.24) is 0 Å². The van der Waals surface area contributed by atoms with Gasteiger partial charge in [-0.15, -0.1) is 0 Å². The van der Waals surface area contributed by atoms with Crippen LogP contribution in [0.3, 0.4) is 0 Å². The molecule has 0 spiro atoms. The third-order valence-electron chi connectivity index (χ3n) is 3.43. The molecule has 4 nitrogen and oxygen atoms in total. The number of hydrogen-bond acceptors (Lipinski definition) is 4. The first-order valence-corrected chi connectivity index (χ1v) is 7.03. The minimum absolute atomic E-state index is 0.167. The summed E-state index contributed by atoms with van der Waals surface area (Å²) in [7, 11) is 0. The summed E-state index contributed by atoms with van der Waals surface area (Å²) in [5.74, 6) is -0.251. The van der Waals surface area contributed by atoms with Gasteiger partial charge in [0.2, 0.25) is 0 Å². The highest BCUT2D eigenvalue weighted by Crippen LogP contribution is 2.17. The highest BCUT2D eigenvalue weighted by molar-refractivity contribution is 5.50. The Kier molecular flexibility index (Phi) is 5.76. The van der Waals surface area contributed by atoms with E-state index in [1.165, 1.54) is 6.07 Å². The summed E-state index contributed by atoms with van der Waals surface area (Å²) in [6, 6.07) is 4.85. The number of anilines is 1. The van der Waals surface area contributed by atoms with Gasteiger partial charge in [0.1, 0.15) is 5.82 Å². The Morgan fingerprint density at radius 3 is 3.15 bits per heavy atom. The van der Waals surface area contributed by atoms with E-state index in [0.29, 0.717) is 24.4 Å². The summed E-state index contributed by atoms with van der Waals surface area (Å²) in [6.45, 7) is 3.61. The average Bonchev–Trinajstić information content (AvgIpc) is 2.94. The lowest BCUT2D eigenvalue weighted by molar-refractivity contribution is -0.0137. The summed E-state index contributed by atoms with van der Waals surface area (Å²) < 4.78 is 24.2. The van der Waals surface area contributed by atoms with Crippen LogP contribution in [0.15, 0.2) is 18.2 Å². The molecule has 1 aromatic carbocycles. The molecule has 1 heterocycles. The Morgan fingerprint density at radius 2 is 2.40 bits per heavy atom. The van der Waals surface area contributed by atoms with Crippen LogP contribution in [0, 0.1) is 12.7 Å². The largest absolute Gasteiger partial charge is 0.389 e. The second-order valence-electron chi connectivity index (χ2n) is 5.12. The van der Waals surface area contributed by atoms with Gasteiger partial charge in [-0.05, 0) is 31.9 Å². The first kappa shape index (κ1) is 15.2. The lowest BCUT2D eigenvalue weighted by atomic mass is 10.2. The molecular weight excluding hydrogens is 261 g/mol. The van der Waals surface area contributed by atoms with Crippen molar-refractivity contribution in [3.63, 3.8) is 0 Å². The molecule has 2 N–H and O–H groups in total. The second-order valence-corrected chi connectivity index (χ2v) is 5.12. The maximum atomic E-state index is 13.3. The lowest BCUT2D eigenvalue weighted by Crippen LogP contribution is -2.27. The molecule has 1 aliphatic heterocycles. The van der Waals surface area contributed by atoms with Crippen molar-refractivity contribution >= 4 is 5.69 Å². The first-order valence-electron chi connectivity index (χ1n) is 7.03. The van der Waals surface area contributed by atoms with Crippen molar-refractivity contribution in [2.45, 2.75) is 32.0 Å². The number of nitrogens with one attached hydrogen (secondary N) is 1. The molecule has 1 aliphatic rings. The van der Waals surface area contributed by atoms with Gasteiger partial charge in [0.15, 0.2) is 0 Å². The van der Waals surface area contributed by atoms with Crippen LogP contribution in [0.25, 0.3) is 0 Å². The zero-order valence-corrected chi connectivity index (χ0v) is 11.8. The summed E-state index contributed by atoms with van der Waals surface area (Å²) in [6.07, 6.45) is 1.65. The average molecular weight is 283 g/mol. The van der Waals surface area contributed by atoms with E-state index in [1.807, 2.05) is 0 Å². The van der Waals surface area contributed by atoms with E-state index in [4.69, 9.17) is 9.47 Å². The van der Waals surface area contributed by atoms with Crippen LogP contribution in [-0.4, -0.2) is 43.7 Å². The number of rotatable bonds is 7. The Bertz CT molecular complexity index is 422. The minimum atomic E-state index is -0.626. The smallest absolute Gasteiger partial charge is 0.128 e. The quantitative estimate of drug-likeness (QED) is 0.804. The van der Waals surface area contributed by atoms with Crippen LogP contribution in [0.1, 0.15) is 18.4 Å². The van der Waals surface area contributed by atoms with E-state index in [0.717, 1.165) is 19.4 Å². The van der Waals surface area contributed by atoms with E-state index in [-0.39, 0.29) is 18.5 Å². The van der Waals surface area contributed by atoms with Crippen molar-refractivity contribution < 1.29 is 19.0 Å². The maximum absolute atomic E-state index is 13.3. The van der Waals surface area contributed by atoms with Crippen LogP contribution in [0.4, 0.5) is 10.1 Å². The molecule has 112 valence electrons. The van der Waals surface area contributed by atoms with E-state index in [9.17, 15) is 9.50 Å². The molecule has 0 aliphatic carbocycles. The van der Waals surface area contributed by atoms with Crippen molar-refractivity contribution in [3.05, 3.63) is 29.6 Å². The van der Waals surface area contributed by atoms with Gasteiger partial charge in [-0.1, -0.05) is 6.07 Å².